The number of carbonyl (C=O) groups is 2. The number of hydrogen-bond acceptors (Lipinski definition) is 3. The van der Waals surface area contributed by atoms with E-state index in [0.717, 1.165) is 12.2 Å². The van der Waals surface area contributed by atoms with Crippen molar-refractivity contribution < 1.29 is 14.0 Å². The number of likely N-dealkylation sites (tertiary alicyclic amines) is 1. The van der Waals surface area contributed by atoms with Crippen LogP contribution in [-0.4, -0.2) is 29.7 Å². The van der Waals surface area contributed by atoms with Crippen molar-refractivity contribution >= 4 is 11.7 Å². The molecule has 1 aromatic rings. The minimum atomic E-state index is -0.104. The predicted octanol–water partition coefficient (Wildman–Crippen LogP) is 1.65. The van der Waals surface area contributed by atoms with Crippen LogP contribution in [0.15, 0.2) is 16.5 Å². The second-order valence-corrected chi connectivity index (χ2v) is 3.95. The first-order valence-corrected chi connectivity index (χ1v) is 5.60. The van der Waals surface area contributed by atoms with Crippen molar-refractivity contribution in [3.05, 3.63) is 23.7 Å². The van der Waals surface area contributed by atoms with Gasteiger partial charge in [0.2, 0.25) is 0 Å². The molecule has 1 aliphatic heterocycles. The number of ketones is 1. The first-order chi connectivity index (χ1) is 7.70. The summed E-state index contributed by atoms with van der Waals surface area (Å²) in [5.41, 5.74) is 0. The first kappa shape index (κ1) is 10.9. The quantitative estimate of drug-likeness (QED) is 0.763. The van der Waals surface area contributed by atoms with Crippen LogP contribution in [0.3, 0.4) is 0 Å². The summed E-state index contributed by atoms with van der Waals surface area (Å²) in [5.74, 6) is 1.33. The standard InChI is InChI=1S/C12H15NO3/c1-2-10-3-4-11(16-10)12(15)13-7-5-9(14)6-8-13/h3-4H,2,5-8H2,1H3. The summed E-state index contributed by atoms with van der Waals surface area (Å²) >= 11 is 0. The zero-order valence-corrected chi connectivity index (χ0v) is 9.36. The molecule has 4 nitrogen and oxygen atoms in total. The molecule has 0 saturated carbocycles. The normalized spacial score (nSPS) is 16.6. The Morgan fingerprint density at radius 3 is 2.62 bits per heavy atom. The maximum Gasteiger partial charge on any atom is 0.289 e. The summed E-state index contributed by atoms with van der Waals surface area (Å²) in [6.07, 6.45) is 1.71. The molecule has 2 heterocycles. The number of amides is 1. The minimum Gasteiger partial charge on any atom is -0.456 e. The molecule has 86 valence electrons. The third-order valence-corrected chi connectivity index (χ3v) is 2.83. The smallest absolute Gasteiger partial charge is 0.289 e. The van der Waals surface area contributed by atoms with Crippen molar-refractivity contribution in [3.63, 3.8) is 0 Å². The van der Waals surface area contributed by atoms with Crippen LogP contribution in [0.25, 0.3) is 0 Å². The van der Waals surface area contributed by atoms with Crippen LogP contribution in [-0.2, 0) is 11.2 Å². The topological polar surface area (TPSA) is 50.5 Å². The van der Waals surface area contributed by atoms with Gasteiger partial charge in [-0.3, -0.25) is 9.59 Å². The van der Waals surface area contributed by atoms with Crippen molar-refractivity contribution in [1.29, 1.82) is 0 Å². The first-order valence-electron chi connectivity index (χ1n) is 5.60. The maximum absolute atomic E-state index is 12.0. The molecule has 0 radical (unpaired) electrons. The number of piperidine rings is 1. The molecule has 1 amide bonds. The van der Waals surface area contributed by atoms with Gasteiger partial charge in [0.05, 0.1) is 0 Å². The molecule has 0 unspecified atom stereocenters. The number of aryl methyl sites for hydroxylation is 1. The zero-order chi connectivity index (χ0) is 11.5. The highest BCUT2D eigenvalue weighted by molar-refractivity contribution is 5.93. The molecule has 0 aliphatic carbocycles. The lowest BCUT2D eigenvalue weighted by Gasteiger charge is -2.24. The van der Waals surface area contributed by atoms with E-state index < -0.39 is 0 Å². The number of Topliss-reactive ketones (excluding diaryl/α,β-unsaturated/α-hetero) is 1. The van der Waals surface area contributed by atoms with E-state index in [0.29, 0.717) is 31.7 Å². The summed E-state index contributed by atoms with van der Waals surface area (Å²) < 4.78 is 5.40. The number of nitrogens with zero attached hydrogens (tertiary/aromatic N) is 1. The van der Waals surface area contributed by atoms with E-state index >= 15 is 0 Å². The Morgan fingerprint density at radius 1 is 1.38 bits per heavy atom. The van der Waals surface area contributed by atoms with Gasteiger partial charge >= 0.3 is 0 Å². The van der Waals surface area contributed by atoms with Gasteiger partial charge < -0.3 is 9.32 Å². The molecule has 1 fully saturated rings. The fourth-order valence-electron chi connectivity index (χ4n) is 1.80. The third kappa shape index (κ3) is 2.15. The lowest BCUT2D eigenvalue weighted by Crippen LogP contribution is -2.38. The highest BCUT2D eigenvalue weighted by Gasteiger charge is 2.23. The molecule has 0 atom stereocenters. The SMILES string of the molecule is CCc1ccc(C(=O)N2CCC(=O)CC2)o1. The number of hydrogen-bond donors (Lipinski definition) is 0. The largest absolute Gasteiger partial charge is 0.456 e. The van der Waals surface area contributed by atoms with Crippen molar-refractivity contribution in [1.82, 2.24) is 4.90 Å². The molecule has 1 aliphatic rings. The average molecular weight is 221 g/mol. The van der Waals surface area contributed by atoms with E-state index in [2.05, 4.69) is 0 Å². The monoisotopic (exact) mass is 221 g/mol. The molecule has 1 saturated heterocycles. The molecule has 0 bridgehead atoms. The van der Waals surface area contributed by atoms with Crippen LogP contribution in [0.4, 0.5) is 0 Å². The summed E-state index contributed by atoms with van der Waals surface area (Å²) in [5, 5.41) is 0. The van der Waals surface area contributed by atoms with E-state index in [9.17, 15) is 9.59 Å². The highest BCUT2D eigenvalue weighted by atomic mass is 16.4. The van der Waals surface area contributed by atoms with Crippen molar-refractivity contribution in [2.75, 3.05) is 13.1 Å². The van der Waals surface area contributed by atoms with Gasteiger partial charge in [0.1, 0.15) is 11.5 Å². The van der Waals surface area contributed by atoms with Gasteiger partial charge in [-0.25, -0.2) is 0 Å². The van der Waals surface area contributed by atoms with E-state index in [-0.39, 0.29) is 11.7 Å². The van der Waals surface area contributed by atoms with Gasteiger partial charge in [0.15, 0.2) is 5.76 Å². The van der Waals surface area contributed by atoms with Crippen LogP contribution in [0.5, 0.6) is 0 Å². The Labute approximate surface area is 94.2 Å². The molecule has 0 N–H and O–H groups in total. The molecule has 0 spiro atoms. The molecular weight excluding hydrogens is 206 g/mol. The Morgan fingerprint density at radius 2 is 2.06 bits per heavy atom. The molecule has 1 aromatic heterocycles. The lowest BCUT2D eigenvalue weighted by atomic mass is 10.1. The van der Waals surface area contributed by atoms with E-state index in [1.54, 1.807) is 11.0 Å². The van der Waals surface area contributed by atoms with Crippen molar-refractivity contribution in [3.8, 4) is 0 Å². The predicted molar refractivity (Wildman–Crippen MR) is 58.2 cm³/mol. The van der Waals surface area contributed by atoms with Gasteiger partial charge in [0.25, 0.3) is 5.91 Å². The molecule has 0 aromatic carbocycles. The van der Waals surface area contributed by atoms with Gasteiger partial charge in [0, 0.05) is 32.4 Å². The van der Waals surface area contributed by atoms with Gasteiger partial charge in [-0.1, -0.05) is 6.92 Å². The Balaban J connectivity index is 2.04. The van der Waals surface area contributed by atoms with Gasteiger partial charge in [-0.05, 0) is 12.1 Å². The van der Waals surface area contributed by atoms with E-state index in [1.807, 2.05) is 13.0 Å². The summed E-state index contributed by atoms with van der Waals surface area (Å²) in [6.45, 7) is 3.01. The summed E-state index contributed by atoms with van der Waals surface area (Å²) in [6, 6.07) is 3.53. The van der Waals surface area contributed by atoms with Crippen LogP contribution in [0.1, 0.15) is 36.1 Å². The molecule has 16 heavy (non-hydrogen) atoms. The maximum atomic E-state index is 12.0. The van der Waals surface area contributed by atoms with Crippen LogP contribution < -0.4 is 0 Å². The molecule has 2 rings (SSSR count). The lowest BCUT2D eigenvalue weighted by molar-refractivity contribution is -0.120. The van der Waals surface area contributed by atoms with Crippen molar-refractivity contribution in [2.45, 2.75) is 26.2 Å². The Kier molecular flexibility index (Phi) is 3.08. The minimum absolute atomic E-state index is 0.104. The van der Waals surface area contributed by atoms with E-state index in [1.165, 1.54) is 0 Å². The van der Waals surface area contributed by atoms with Crippen LogP contribution in [0, 0.1) is 0 Å². The van der Waals surface area contributed by atoms with Gasteiger partial charge in [-0.2, -0.15) is 0 Å². The average Bonchev–Trinajstić information content (AvgIpc) is 2.77. The Bertz CT molecular complexity index is 398. The second-order valence-electron chi connectivity index (χ2n) is 3.95. The van der Waals surface area contributed by atoms with Crippen LogP contribution in [0.2, 0.25) is 0 Å². The fraction of sp³-hybridized carbons (Fsp3) is 0.500. The highest BCUT2D eigenvalue weighted by Crippen LogP contribution is 2.14. The second kappa shape index (κ2) is 4.51. The van der Waals surface area contributed by atoms with Crippen molar-refractivity contribution in [2.24, 2.45) is 0 Å². The summed E-state index contributed by atoms with van der Waals surface area (Å²) in [7, 11) is 0. The molecule has 4 heteroatoms. The number of carbonyl (C=O) groups excluding carboxylic acids is 2. The van der Waals surface area contributed by atoms with Gasteiger partial charge in [-0.15, -0.1) is 0 Å². The zero-order valence-electron chi connectivity index (χ0n) is 9.36. The molecular formula is C12H15NO3. The Hall–Kier alpha value is -1.58. The van der Waals surface area contributed by atoms with E-state index in [4.69, 9.17) is 4.42 Å². The van der Waals surface area contributed by atoms with Crippen LogP contribution >= 0.6 is 0 Å². The number of furan rings is 1. The third-order valence-electron chi connectivity index (χ3n) is 2.83. The fourth-order valence-corrected chi connectivity index (χ4v) is 1.80. The summed E-state index contributed by atoms with van der Waals surface area (Å²) in [4.78, 5) is 24.7. The number of rotatable bonds is 2.